The molecule has 1 fully saturated rings. The van der Waals surface area contributed by atoms with Crippen molar-refractivity contribution in [2.75, 3.05) is 12.0 Å². The Balaban J connectivity index is 1.63. The van der Waals surface area contributed by atoms with Gasteiger partial charge in [-0.05, 0) is 88.2 Å². The van der Waals surface area contributed by atoms with Crippen LogP contribution in [0.25, 0.3) is 6.08 Å². The van der Waals surface area contributed by atoms with Gasteiger partial charge in [0.15, 0.2) is 16.6 Å². The van der Waals surface area contributed by atoms with Gasteiger partial charge in [0.1, 0.15) is 12.2 Å². The van der Waals surface area contributed by atoms with Gasteiger partial charge in [-0.15, -0.1) is 0 Å². The van der Waals surface area contributed by atoms with E-state index in [1.54, 1.807) is 42.5 Å². The van der Waals surface area contributed by atoms with E-state index in [4.69, 9.17) is 44.9 Å². The predicted octanol–water partition coefficient (Wildman–Crippen LogP) is 6.74. The van der Waals surface area contributed by atoms with Gasteiger partial charge >= 0.3 is 0 Å². The Bertz CT molecular complexity index is 1430. The van der Waals surface area contributed by atoms with E-state index in [-0.39, 0.29) is 17.3 Å². The van der Waals surface area contributed by atoms with Crippen LogP contribution in [0.15, 0.2) is 64.6 Å². The van der Waals surface area contributed by atoms with Gasteiger partial charge < -0.3 is 9.47 Å². The van der Waals surface area contributed by atoms with Crippen LogP contribution in [0.1, 0.15) is 23.6 Å². The third-order valence-corrected chi connectivity index (χ3v) is 7.11. The number of rotatable bonds is 7. The Morgan fingerprint density at radius 3 is 2.46 bits per heavy atom. The highest BCUT2D eigenvalue weighted by Crippen LogP contribution is 2.38. The van der Waals surface area contributed by atoms with Gasteiger partial charge in [0, 0.05) is 15.6 Å². The maximum Gasteiger partial charge on any atom is 0.270 e. The predicted molar refractivity (Wildman–Crippen MR) is 154 cm³/mol. The summed E-state index contributed by atoms with van der Waals surface area (Å²) in [5.74, 6) is -0.263. The number of hydrogen-bond donors (Lipinski definition) is 1. The van der Waals surface area contributed by atoms with E-state index in [0.29, 0.717) is 37.3 Å². The van der Waals surface area contributed by atoms with Crippen LogP contribution in [0, 0.1) is 0 Å². The van der Waals surface area contributed by atoms with Crippen LogP contribution < -0.4 is 19.7 Å². The van der Waals surface area contributed by atoms with Gasteiger partial charge in [0.2, 0.25) is 0 Å². The van der Waals surface area contributed by atoms with E-state index in [1.807, 2.05) is 19.1 Å². The van der Waals surface area contributed by atoms with Gasteiger partial charge in [0.05, 0.1) is 17.3 Å². The highest BCUT2D eigenvalue weighted by Gasteiger charge is 2.34. The van der Waals surface area contributed by atoms with Crippen molar-refractivity contribution in [3.8, 4) is 11.5 Å². The number of aryl methyl sites for hydroxylation is 1. The summed E-state index contributed by atoms with van der Waals surface area (Å²) < 4.78 is 12.1. The minimum absolute atomic E-state index is 0.0276. The summed E-state index contributed by atoms with van der Waals surface area (Å²) >= 11 is 21.0. The number of thiocarbonyl (C=S) groups is 1. The van der Waals surface area contributed by atoms with E-state index in [0.717, 1.165) is 17.5 Å². The second-order valence-corrected chi connectivity index (χ2v) is 10.1. The van der Waals surface area contributed by atoms with Gasteiger partial charge in [-0.1, -0.05) is 48.3 Å². The first kappa shape index (κ1) is 27.1. The van der Waals surface area contributed by atoms with E-state index in [1.165, 1.54) is 18.1 Å². The molecule has 0 aromatic heterocycles. The molecule has 0 saturated carbocycles. The zero-order chi connectivity index (χ0) is 26.7. The molecule has 0 aliphatic carbocycles. The molecule has 37 heavy (non-hydrogen) atoms. The van der Waals surface area contributed by atoms with Crippen LogP contribution in [-0.4, -0.2) is 24.0 Å². The molecule has 4 rings (SSSR count). The average molecular weight is 620 g/mol. The molecule has 2 amide bonds. The number of amides is 2. The Kier molecular flexibility index (Phi) is 8.54. The number of carbonyl (C=O) groups is 2. The van der Waals surface area contributed by atoms with Crippen molar-refractivity contribution in [2.45, 2.75) is 20.0 Å². The van der Waals surface area contributed by atoms with Crippen LogP contribution in [0.4, 0.5) is 5.69 Å². The number of methoxy groups -OCH3 is 1. The highest BCUT2D eigenvalue weighted by atomic mass is 79.9. The van der Waals surface area contributed by atoms with Gasteiger partial charge in [-0.2, -0.15) is 0 Å². The normalized spacial score (nSPS) is 14.7. The standard InChI is InChI=1S/C27H21BrCl2N2O4S/c1-3-15-4-8-19(9-5-15)32-26(34)20(25(33)31-27(32)37)10-16-11-21(28)24(23(12-16)35-2)36-14-17-6-7-18(29)13-22(17)30/h4-13H,3,14H2,1-2H3,(H,31,33,37)/b20-10+. The molecule has 1 aliphatic rings. The van der Waals surface area contributed by atoms with Crippen molar-refractivity contribution in [3.05, 3.63) is 91.4 Å². The second-order valence-electron chi connectivity index (χ2n) is 8.04. The summed E-state index contributed by atoms with van der Waals surface area (Å²) in [5, 5.41) is 3.64. The minimum atomic E-state index is -0.579. The van der Waals surface area contributed by atoms with E-state index >= 15 is 0 Å². The summed E-state index contributed by atoms with van der Waals surface area (Å²) in [6, 6.07) is 16.0. The topological polar surface area (TPSA) is 67.9 Å². The number of nitrogens with one attached hydrogen (secondary N) is 1. The molecule has 6 nitrogen and oxygen atoms in total. The van der Waals surface area contributed by atoms with Crippen LogP contribution in [0.5, 0.6) is 11.5 Å². The molecule has 1 saturated heterocycles. The fourth-order valence-electron chi connectivity index (χ4n) is 3.69. The number of ether oxygens (including phenoxy) is 2. The second kappa shape index (κ2) is 11.6. The lowest BCUT2D eigenvalue weighted by atomic mass is 10.1. The monoisotopic (exact) mass is 618 g/mol. The van der Waals surface area contributed by atoms with Crippen molar-refractivity contribution in [3.63, 3.8) is 0 Å². The molecule has 0 bridgehead atoms. The molecule has 10 heteroatoms. The Morgan fingerprint density at radius 2 is 1.81 bits per heavy atom. The molecule has 1 N–H and O–H groups in total. The quantitative estimate of drug-likeness (QED) is 0.180. The lowest BCUT2D eigenvalue weighted by Crippen LogP contribution is -2.54. The minimum Gasteiger partial charge on any atom is -0.493 e. The number of carbonyl (C=O) groups excluding carboxylic acids is 2. The summed E-state index contributed by atoms with van der Waals surface area (Å²) in [6.07, 6.45) is 2.35. The Hall–Kier alpha value is -2.91. The molecule has 0 unspecified atom stereocenters. The molecular weight excluding hydrogens is 599 g/mol. The molecule has 1 aliphatic heterocycles. The molecule has 0 radical (unpaired) electrons. The van der Waals surface area contributed by atoms with Crippen molar-refractivity contribution >= 4 is 80.0 Å². The summed E-state index contributed by atoms with van der Waals surface area (Å²) in [5.41, 5.74) is 2.92. The molecular formula is C27H21BrCl2N2O4S. The molecule has 3 aromatic carbocycles. The largest absolute Gasteiger partial charge is 0.493 e. The first-order valence-corrected chi connectivity index (χ1v) is 13.1. The fourth-order valence-corrected chi connectivity index (χ4v) is 5.01. The van der Waals surface area contributed by atoms with Crippen molar-refractivity contribution < 1.29 is 19.1 Å². The zero-order valence-corrected chi connectivity index (χ0v) is 23.7. The molecule has 0 atom stereocenters. The summed E-state index contributed by atoms with van der Waals surface area (Å²) in [7, 11) is 1.50. The Labute approximate surface area is 238 Å². The summed E-state index contributed by atoms with van der Waals surface area (Å²) in [4.78, 5) is 27.4. The smallest absolute Gasteiger partial charge is 0.270 e. The molecule has 190 valence electrons. The number of nitrogens with zero attached hydrogens (tertiary/aromatic N) is 1. The first-order valence-electron chi connectivity index (χ1n) is 11.2. The molecule has 0 spiro atoms. The fraction of sp³-hybridized carbons (Fsp3) is 0.148. The van der Waals surface area contributed by atoms with Crippen LogP contribution in [0.2, 0.25) is 10.0 Å². The maximum absolute atomic E-state index is 13.3. The zero-order valence-electron chi connectivity index (χ0n) is 19.8. The van der Waals surface area contributed by atoms with E-state index in [9.17, 15) is 9.59 Å². The van der Waals surface area contributed by atoms with Crippen LogP contribution >= 0.6 is 51.3 Å². The SMILES string of the molecule is CCc1ccc(N2C(=O)/C(=C/c3cc(Br)c(OCc4ccc(Cl)cc4Cl)c(OC)c3)C(=O)NC2=S)cc1. The molecule has 3 aromatic rings. The third-order valence-electron chi connectivity index (χ3n) is 5.65. The van der Waals surface area contributed by atoms with Crippen LogP contribution in [-0.2, 0) is 22.6 Å². The number of hydrogen-bond acceptors (Lipinski definition) is 5. The lowest BCUT2D eigenvalue weighted by Gasteiger charge is -2.29. The summed E-state index contributed by atoms with van der Waals surface area (Å²) in [6.45, 7) is 2.22. The third kappa shape index (κ3) is 5.99. The number of halogens is 3. The molecule has 1 heterocycles. The van der Waals surface area contributed by atoms with Crippen molar-refractivity contribution in [1.82, 2.24) is 5.32 Å². The van der Waals surface area contributed by atoms with E-state index in [2.05, 4.69) is 21.2 Å². The lowest BCUT2D eigenvalue weighted by molar-refractivity contribution is -0.122. The van der Waals surface area contributed by atoms with Crippen LogP contribution in [0.3, 0.4) is 0 Å². The van der Waals surface area contributed by atoms with Crippen molar-refractivity contribution in [2.24, 2.45) is 0 Å². The van der Waals surface area contributed by atoms with E-state index < -0.39 is 11.8 Å². The average Bonchev–Trinajstić information content (AvgIpc) is 2.87. The van der Waals surface area contributed by atoms with Gasteiger partial charge in [-0.25, -0.2) is 0 Å². The van der Waals surface area contributed by atoms with Gasteiger partial charge in [0.25, 0.3) is 11.8 Å². The Morgan fingerprint density at radius 1 is 1.08 bits per heavy atom. The van der Waals surface area contributed by atoms with Crippen molar-refractivity contribution in [1.29, 1.82) is 0 Å². The number of anilines is 1. The maximum atomic E-state index is 13.3. The number of benzene rings is 3. The highest BCUT2D eigenvalue weighted by molar-refractivity contribution is 9.10. The first-order chi connectivity index (χ1) is 17.7. The van der Waals surface area contributed by atoms with Gasteiger partial charge in [-0.3, -0.25) is 19.8 Å².